The van der Waals surface area contributed by atoms with Gasteiger partial charge >= 0.3 is 5.97 Å². The molecule has 5 rings (SSSR count). The largest absolute Gasteiger partial charge is 0.441 e. The number of ether oxygens (including phenoxy) is 1. The van der Waals surface area contributed by atoms with Crippen LogP contribution >= 0.6 is 0 Å². The molecule has 32 heavy (non-hydrogen) atoms. The third-order valence-corrected chi connectivity index (χ3v) is 6.74. The van der Waals surface area contributed by atoms with Crippen molar-refractivity contribution >= 4 is 17.6 Å². The average Bonchev–Trinajstić information content (AvgIpc) is 3.06. The molecule has 1 amide bonds. The molecule has 0 bridgehead atoms. The molecule has 0 aromatic heterocycles. The maximum Gasteiger partial charge on any atom is 0.323 e. The fourth-order valence-corrected chi connectivity index (χ4v) is 5.19. The Bertz CT molecular complexity index is 1180. The number of para-hydroxylation sites is 1. The number of benzene rings is 3. The van der Waals surface area contributed by atoms with Gasteiger partial charge in [-0.3, -0.25) is 9.59 Å². The first-order valence-electron chi connectivity index (χ1n) is 11.0. The minimum atomic E-state index is -1.44. The van der Waals surface area contributed by atoms with Gasteiger partial charge in [-0.25, -0.2) is 4.39 Å². The van der Waals surface area contributed by atoms with E-state index in [9.17, 15) is 14.0 Å². The fourth-order valence-electron chi connectivity index (χ4n) is 5.19. The highest BCUT2D eigenvalue weighted by Crippen LogP contribution is 2.62. The molecule has 1 saturated heterocycles. The van der Waals surface area contributed by atoms with E-state index in [1.807, 2.05) is 61.5 Å². The second kappa shape index (κ2) is 7.59. The predicted molar refractivity (Wildman–Crippen MR) is 119 cm³/mol. The second-order valence-electron chi connectivity index (χ2n) is 8.48. The summed E-state index contributed by atoms with van der Waals surface area (Å²) < 4.78 is 19.6. The molecule has 2 heterocycles. The van der Waals surface area contributed by atoms with Crippen LogP contribution in [0.2, 0.25) is 0 Å². The fraction of sp³-hybridized carbons (Fsp3) is 0.259. The van der Waals surface area contributed by atoms with Crippen molar-refractivity contribution in [2.75, 3.05) is 4.90 Å². The number of fused-ring (bicyclic) bond motifs is 2. The van der Waals surface area contributed by atoms with E-state index in [4.69, 9.17) is 4.74 Å². The van der Waals surface area contributed by atoms with Crippen molar-refractivity contribution in [2.24, 2.45) is 0 Å². The Hall–Kier alpha value is -3.47. The number of anilines is 1. The first-order chi connectivity index (χ1) is 15.5. The van der Waals surface area contributed by atoms with Crippen molar-refractivity contribution < 1.29 is 18.7 Å². The summed E-state index contributed by atoms with van der Waals surface area (Å²) >= 11 is 0. The number of unbranched alkanes of at least 4 members (excludes halogenated alkanes) is 1. The van der Waals surface area contributed by atoms with Crippen LogP contribution in [0.3, 0.4) is 0 Å². The molecule has 0 aliphatic carbocycles. The van der Waals surface area contributed by atoms with Crippen LogP contribution in [0, 0.1) is 5.82 Å². The smallest absolute Gasteiger partial charge is 0.323 e. The van der Waals surface area contributed by atoms with Crippen LogP contribution in [-0.2, 0) is 31.9 Å². The quantitative estimate of drug-likeness (QED) is 0.503. The molecule has 2 aliphatic heterocycles. The van der Waals surface area contributed by atoms with Gasteiger partial charge in [-0.15, -0.1) is 0 Å². The lowest BCUT2D eigenvalue weighted by atomic mass is 9.58. The van der Waals surface area contributed by atoms with Crippen molar-refractivity contribution in [3.8, 4) is 0 Å². The molecule has 1 spiro atoms. The van der Waals surface area contributed by atoms with E-state index in [1.54, 1.807) is 17.0 Å². The van der Waals surface area contributed by atoms with Crippen molar-refractivity contribution in [1.29, 1.82) is 0 Å². The van der Waals surface area contributed by atoms with Gasteiger partial charge in [0.15, 0.2) is 0 Å². The van der Waals surface area contributed by atoms with Gasteiger partial charge in [0.2, 0.25) is 5.60 Å². The summed E-state index contributed by atoms with van der Waals surface area (Å²) in [6.07, 6.45) is 2.05. The molecule has 1 fully saturated rings. The lowest BCUT2D eigenvalue weighted by Gasteiger charge is -2.54. The summed E-state index contributed by atoms with van der Waals surface area (Å²) in [7, 11) is 0. The molecule has 4 nitrogen and oxygen atoms in total. The van der Waals surface area contributed by atoms with Gasteiger partial charge in [-0.2, -0.15) is 0 Å². The Labute approximate surface area is 186 Å². The van der Waals surface area contributed by atoms with E-state index in [2.05, 4.69) is 0 Å². The van der Waals surface area contributed by atoms with Gasteiger partial charge in [0.25, 0.3) is 5.91 Å². The van der Waals surface area contributed by atoms with Crippen molar-refractivity contribution in [3.63, 3.8) is 0 Å². The van der Waals surface area contributed by atoms with Gasteiger partial charge in [-0.05, 0) is 35.7 Å². The van der Waals surface area contributed by atoms with Crippen LogP contribution < -0.4 is 4.90 Å². The molecule has 0 saturated carbocycles. The molecular weight excluding hydrogens is 405 g/mol. The van der Waals surface area contributed by atoms with Crippen LogP contribution in [0.4, 0.5) is 10.1 Å². The molecule has 0 radical (unpaired) electrons. The number of amides is 1. The number of nitrogens with zero attached hydrogens (tertiary/aromatic N) is 1. The molecule has 2 atom stereocenters. The first kappa shape index (κ1) is 20.4. The highest BCUT2D eigenvalue weighted by atomic mass is 19.1. The van der Waals surface area contributed by atoms with Crippen LogP contribution in [0.15, 0.2) is 78.9 Å². The van der Waals surface area contributed by atoms with E-state index >= 15 is 0 Å². The van der Waals surface area contributed by atoms with Gasteiger partial charge in [-0.1, -0.05) is 80.4 Å². The zero-order valence-corrected chi connectivity index (χ0v) is 17.9. The summed E-state index contributed by atoms with van der Waals surface area (Å²) in [6.45, 7) is 2.42. The Morgan fingerprint density at radius 3 is 2.28 bits per heavy atom. The highest BCUT2D eigenvalue weighted by molar-refractivity contribution is 6.16. The van der Waals surface area contributed by atoms with Crippen molar-refractivity contribution in [3.05, 3.63) is 101 Å². The van der Waals surface area contributed by atoms with E-state index in [1.165, 1.54) is 12.1 Å². The monoisotopic (exact) mass is 429 g/mol. The van der Waals surface area contributed by atoms with E-state index in [0.29, 0.717) is 24.1 Å². The number of hydrogen-bond acceptors (Lipinski definition) is 3. The Kier molecular flexibility index (Phi) is 4.85. The summed E-state index contributed by atoms with van der Waals surface area (Å²) in [5.41, 5.74) is 0.419. The third-order valence-electron chi connectivity index (χ3n) is 6.74. The number of carbonyl (C=O) groups is 2. The predicted octanol–water partition coefficient (Wildman–Crippen LogP) is 5.25. The minimum absolute atomic E-state index is 0.248. The summed E-state index contributed by atoms with van der Waals surface area (Å²) in [5.74, 6) is -1.06. The van der Waals surface area contributed by atoms with Gasteiger partial charge < -0.3 is 9.64 Å². The normalized spacial score (nSPS) is 23.8. The molecule has 162 valence electrons. The van der Waals surface area contributed by atoms with Crippen molar-refractivity contribution in [2.45, 2.75) is 43.7 Å². The average molecular weight is 429 g/mol. The number of carbonyl (C=O) groups excluding carboxylic acids is 2. The number of rotatable bonds is 6. The number of hydrogen-bond donors (Lipinski definition) is 0. The number of esters is 1. The first-order valence-corrected chi connectivity index (χ1v) is 11.0. The van der Waals surface area contributed by atoms with E-state index in [0.717, 1.165) is 24.1 Å². The summed E-state index contributed by atoms with van der Waals surface area (Å²) in [4.78, 5) is 29.1. The lowest BCUT2D eigenvalue weighted by molar-refractivity contribution is -0.224. The molecule has 3 aromatic carbocycles. The van der Waals surface area contributed by atoms with E-state index in [-0.39, 0.29) is 11.7 Å². The van der Waals surface area contributed by atoms with Gasteiger partial charge in [0, 0.05) is 5.56 Å². The molecule has 5 heteroatoms. The standard InChI is InChI=1S/C27H24FNO3/c1-2-3-17-26(20-13-15-21(28)16-14-20)25(31)32-27(26)22-11-7-8-12-23(22)29(24(27)30)18-19-9-5-4-6-10-19/h4-16H,2-3,17-18H2,1H3/t26-,27-/m1/s1. The van der Waals surface area contributed by atoms with Gasteiger partial charge in [0.1, 0.15) is 11.2 Å². The van der Waals surface area contributed by atoms with Crippen LogP contribution in [0.25, 0.3) is 0 Å². The second-order valence-corrected chi connectivity index (χ2v) is 8.48. The topological polar surface area (TPSA) is 46.6 Å². The van der Waals surface area contributed by atoms with E-state index < -0.39 is 17.0 Å². The zero-order valence-electron chi connectivity index (χ0n) is 17.9. The maximum absolute atomic E-state index is 14.1. The molecule has 0 N–H and O–H groups in total. The third kappa shape index (κ3) is 2.67. The highest BCUT2D eigenvalue weighted by Gasteiger charge is 2.77. The SMILES string of the molecule is CCCC[C@@]1(c2ccc(F)cc2)C(=O)O[C@]12C(=O)N(Cc1ccccc1)c1ccccc12. The van der Waals surface area contributed by atoms with Crippen LogP contribution in [-0.4, -0.2) is 11.9 Å². The summed E-state index contributed by atoms with van der Waals surface area (Å²) in [5, 5.41) is 0. The Balaban J connectivity index is 1.68. The Morgan fingerprint density at radius 2 is 1.59 bits per heavy atom. The van der Waals surface area contributed by atoms with Crippen LogP contribution in [0.1, 0.15) is 42.9 Å². The zero-order chi connectivity index (χ0) is 22.3. The van der Waals surface area contributed by atoms with Crippen LogP contribution in [0.5, 0.6) is 0 Å². The molecular formula is C27H24FNO3. The maximum atomic E-state index is 14.1. The van der Waals surface area contributed by atoms with Crippen molar-refractivity contribution in [1.82, 2.24) is 0 Å². The minimum Gasteiger partial charge on any atom is -0.441 e. The molecule has 3 aromatic rings. The summed E-state index contributed by atoms with van der Waals surface area (Å²) in [6, 6.07) is 23.2. The Morgan fingerprint density at radius 1 is 0.906 bits per heavy atom. The molecule has 2 aliphatic rings. The number of halogens is 1. The lowest BCUT2D eigenvalue weighted by Crippen LogP contribution is -2.71. The molecule has 0 unspecified atom stereocenters. The van der Waals surface area contributed by atoms with Gasteiger partial charge in [0.05, 0.1) is 12.2 Å².